The van der Waals surface area contributed by atoms with E-state index in [-0.39, 0.29) is 0 Å². The minimum absolute atomic E-state index is 0.733. The van der Waals surface area contributed by atoms with Crippen LogP contribution in [-0.4, -0.2) is 16.7 Å². The number of aryl methyl sites for hydroxylation is 1. The fraction of sp³-hybridized carbons (Fsp3) is 0.188. The normalized spacial score (nSPS) is 10.9. The number of aromatic amines is 1. The van der Waals surface area contributed by atoms with Gasteiger partial charge in [0.2, 0.25) is 0 Å². The summed E-state index contributed by atoms with van der Waals surface area (Å²) in [5.41, 5.74) is 4.64. The minimum Gasteiger partial charge on any atom is -0.497 e. The second kappa shape index (κ2) is 5.13. The van der Waals surface area contributed by atoms with Gasteiger partial charge < -0.3 is 14.3 Å². The summed E-state index contributed by atoms with van der Waals surface area (Å²) >= 11 is 5.44. The Morgan fingerprint density at radius 3 is 2.75 bits per heavy atom. The fourth-order valence-electron chi connectivity index (χ4n) is 2.37. The van der Waals surface area contributed by atoms with E-state index in [1.54, 1.807) is 7.11 Å². The molecule has 0 radical (unpaired) electrons. The Morgan fingerprint density at radius 1 is 1.20 bits per heavy atom. The van der Waals surface area contributed by atoms with Crippen molar-refractivity contribution in [2.45, 2.75) is 13.5 Å². The number of aromatic nitrogens is 2. The molecule has 3 aromatic rings. The largest absolute Gasteiger partial charge is 0.497 e. The average molecular weight is 284 g/mol. The molecule has 0 aliphatic heterocycles. The third-order valence-electron chi connectivity index (χ3n) is 3.57. The maximum absolute atomic E-state index is 5.44. The summed E-state index contributed by atoms with van der Waals surface area (Å²) in [6.45, 7) is 2.88. The number of hydrogen-bond donors (Lipinski definition) is 1. The van der Waals surface area contributed by atoms with Gasteiger partial charge in [-0.05, 0) is 42.4 Å². The van der Waals surface area contributed by atoms with Gasteiger partial charge in [0, 0.05) is 6.07 Å². The van der Waals surface area contributed by atoms with Crippen LogP contribution in [0.1, 0.15) is 11.1 Å². The van der Waals surface area contributed by atoms with Gasteiger partial charge in [-0.3, -0.25) is 0 Å². The van der Waals surface area contributed by atoms with Gasteiger partial charge in [-0.1, -0.05) is 24.3 Å². The second-order valence-corrected chi connectivity index (χ2v) is 5.21. The molecule has 0 amide bonds. The van der Waals surface area contributed by atoms with Crippen LogP contribution in [0.25, 0.3) is 11.0 Å². The molecule has 0 spiro atoms. The van der Waals surface area contributed by atoms with Crippen molar-refractivity contribution in [2.75, 3.05) is 7.11 Å². The van der Waals surface area contributed by atoms with E-state index < -0.39 is 0 Å². The van der Waals surface area contributed by atoms with E-state index in [0.717, 1.165) is 28.1 Å². The predicted octanol–water partition coefficient (Wildman–Crippen LogP) is 4.06. The number of fused-ring (bicyclic) bond motifs is 1. The van der Waals surface area contributed by atoms with E-state index in [1.807, 2.05) is 18.2 Å². The number of nitrogens with one attached hydrogen (secondary N) is 1. The zero-order chi connectivity index (χ0) is 14.1. The van der Waals surface area contributed by atoms with Crippen LogP contribution in [0.15, 0.2) is 42.5 Å². The first kappa shape index (κ1) is 12.9. The van der Waals surface area contributed by atoms with Gasteiger partial charge in [0.1, 0.15) is 5.75 Å². The number of methoxy groups -OCH3 is 1. The lowest BCUT2D eigenvalue weighted by molar-refractivity contribution is 0.415. The van der Waals surface area contributed by atoms with Crippen molar-refractivity contribution in [2.24, 2.45) is 0 Å². The summed E-state index contributed by atoms with van der Waals surface area (Å²) in [6.07, 6.45) is 0. The number of imidazole rings is 1. The summed E-state index contributed by atoms with van der Waals surface area (Å²) in [7, 11) is 1.67. The van der Waals surface area contributed by atoms with Crippen LogP contribution in [0.4, 0.5) is 0 Å². The lowest BCUT2D eigenvalue weighted by atomic mass is 10.1. The number of nitrogens with zero attached hydrogens (tertiary/aromatic N) is 1. The molecule has 1 heterocycles. The topological polar surface area (TPSA) is 29.9 Å². The van der Waals surface area contributed by atoms with Gasteiger partial charge in [0.05, 0.1) is 24.7 Å². The molecule has 0 unspecified atom stereocenters. The molecule has 3 rings (SSSR count). The molecular formula is C16H16N2OS. The smallest absolute Gasteiger partial charge is 0.178 e. The Morgan fingerprint density at radius 2 is 2.00 bits per heavy atom. The van der Waals surface area contributed by atoms with Crippen LogP contribution in [0, 0.1) is 11.7 Å². The quantitative estimate of drug-likeness (QED) is 0.735. The first-order valence-electron chi connectivity index (χ1n) is 6.50. The lowest BCUT2D eigenvalue weighted by Gasteiger charge is -2.08. The standard InChI is InChI=1S/C16H16N2OS/c1-11-5-3-4-6-12(11)10-18-15-9-13(19-2)7-8-14(15)17-16(18)20/h3-9H,10H2,1-2H3,(H,17,20). The Bertz CT molecular complexity index is 817. The molecule has 0 fully saturated rings. The molecule has 0 aliphatic carbocycles. The molecule has 0 bridgehead atoms. The highest BCUT2D eigenvalue weighted by molar-refractivity contribution is 7.71. The van der Waals surface area contributed by atoms with E-state index in [4.69, 9.17) is 17.0 Å². The van der Waals surface area contributed by atoms with Crippen LogP contribution in [0.2, 0.25) is 0 Å². The Labute approximate surface area is 122 Å². The van der Waals surface area contributed by atoms with Gasteiger partial charge in [0.15, 0.2) is 4.77 Å². The molecule has 1 aromatic heterocycles. The molecule has 0 saturated carbocycles. The second-order valence-electron chi connectivity index (χ2n) is 4.83. The third kappa shape index (κ3) is 2.23. The van der Waals surface area contributed by atoms with Gasteiger partial charge in [-0.2, -0.15) is 0 Å². The summed E-state index contributed by atoms with van der Waals surface area (Å²) in [4.78, 5) is 3.24. The zero-order valence-corrected chi connectivity index (χ0v) is 12.3. The van der Waals surface area contributed by atoms with Crippen LogP contribution >= 0.6 is 12.2 Å². The maximum atomic E-state index is 5.44. The van der Waals surface area contributed by atoms with Crippen molar-refractivity contribution in [3.63, 3.8) is 0 Å². The molecule has 3 nitrogen and oxygen atoms in total. The highest BCUT2D eigenvalue weighted by Gasteiger charge is 2.07. The van der Waals surface area contributed by atoms with Crippen molar-refractivity contribution < 1.29 is 4.74 Å². The minimum atomic E-state index is 0.733. The third-order valence-corrected chi connectivity index (χ3v) is 3.89. The molecule has 0 aliphatic rings. The first-order chi connectivity index (χ1) is 9.69. The summed E-state index contributed by atoms with van der Waals surface area (Å²) in [6, 6.07) is 14.3. The van der Waals surface area contributed by atoms with Crippen molar-refractivity contribution >= 4 is 23.3 Å². The van der Waals surface area contributed by atoms with Gasteiger partial charge >= 0.3 is 0 Å². The van der Waals surface area contributed by atoms with E-state index in [9.17, 15) is 0 Å². The summed E-state index contributed by atoms with van der Waals surface area (Å²) in [5, 5.41) is 0. The highest BCUT2D eigenvalue weighted by atomic mass is 32.1. The van der Waals surface area contributed by atoms with Crippen LogP contribution in [0.5, 0.6) is 5.75 Å². The molecular weight excluding hydrogens is 268 g/mol. The van der Waals surface area contributed by atoms with E-state index >= 15 is 0 Å². The number of ether oxygens (including phenoxy) is 1. The van der Waals surface area contributed by atoms with Crippen LogP contribution in [0.3, 0.4) is 0 Å². The van der Waals surface area contributed by atoms with Crippen molar-refractivity contribution in [1.29, 1.82) is 0 Å². The summed E-state index contributed by atoms with van der Waals surface area (Å²) in [5.74, 6) is 0.838. The SMILES string of the molecule is COc1ccc2[nH]c(=S)n(Cc3ccccc3C)c2c1. The van der Waals surface area contributed by atoms with Gasteiger partial charge in [0.25, 0.3) is 0 Å². The fourth-order valence-corrected chi connectivity index (χ4v) is 2.65. The molecule has 102 valence electrons. The monoisotopic (exact) mass is 284 g/mol. The van der Waals surface area contributed by atoms with Crippen LogP contribution in [-0.2, 0) is 6.54 Å². The maximum Gasteiger partial charge on any atom is 0.178 e. The Hall–Kier alpha value is -2.07. The van der Waals surface area contributed by atoms with E-state index in [1.165, 1.54) is 11.1 Å². The van der Waals surface area contributed by atoms with Crippen molar-refractivity contribution in [3.05, 3.63) is 58.4 Å². The van der Waals surface area contributed by atoms with Crippen molar-refractivity contribution in [1.82, 2.24) is 9.55 Å². The number of rotatable bonds is 3. The highest BCUT2D eigenvalue weighted by Crippen LogP contribution is 2.22. The number of benzene rings is 2. The van der Waals surface area contributed by atoms with E-state index in [2.05, 4.69) is 40.7 Å². The van der Waals surface area contributed by atoms with E-state index in [0.29, 0.717) is 0 Å². The van der Waals surface area contributed by atoms with Crippen LogP contribution < -0.4 is 4.74 Å². The van der Waals surface area contributed by atoms with Crippen molar-refractivity contribution in [3.8, 4) is 5.75 Å². The molecule has 2 aromatic carbocycles. The molecule has 20 heavy (non-hydrogen) atoms. The average Bonchev–Trinajstić information content (AvgIpc) is 2.77. The molecule has 4 heteroatoms. The predicted molar refractivity (Wildman–Crippen MR) is 84.0 cm³/mol. The zero-order valence-electron chi connectivity index (χ0n) is 11.5. The number of hydrogen-bond acceptors (Lipinski definition) is 2. The first-order valence-corrected chi connectivity index (χ1v) is 6.91. The van der Waals surface area contributed by atoms with Gasteiger partial charge in [-0.15, -0.1) is 0 Å². The molecule has 0 saturated heterocycles. The number of H-pyrrole nitrogens is 1. The Balaban J connectivity index is 2.13. The Kier molecular flexibility index (Phi) is 3.32. The molecule has 0 atom stereocenters. The molecule has 1 N–H and O–H groups in total. The van der Waals surface area contributed by atoms with Gasteiger partial charge in [-0.25, -0.2) is 0 Å². The summed E-state index contributed by atoms with van der Waals surface area (Å²) < 4.78 is 8.14. The lowest BCUT2D eigenvalue weighted by Crippen LogP contribution is -2.01.